The quantitative estimate of drug-likeness (QED) is 0.862. The standard InChI is InChI=1S/C14H17NO3S/c1-18-14(17)11-8-2-3-9(6-8)12(11)15-13(16)10-4-5-19-7-10/h4-5,7-9,11-12H,2-3,6H2,1H3,(H,15,16). The van der Waals surface area contributed by atoms with Crippen molar-refractivity contribution in [2.45, 2.75) is 25.3 Å². The van der Waals surface area contributed by atoms with Gasteiger partial charge >= 0.3 is 5.97 Å². The zero-order chi connectivity index (χ0) is 13.4. The van der Waals surface area contributed by atoms with Crippen molar-refractivity contribution in [1.29, 1.82) is 0 Å². The maximum absolute atomic E-state index is 12.1. The van der Waals surface area contributed by atoms with Crippen molar-refractivity contribution in [2.75, 3.05) is 7.11 Å². The number of methoxy groups -OCH3 is 1. The van der Waals surface area contributed by atoms with Crippen molar-refractivity contribution in [3.8, 4) is 0 Å². The fourth-order valence-electron chi connectivity index (χ4n) is 3.60. The van der Waals surface area contributed by atoms with E-state index in [4.69, 9.17) is 4.74 Å². The Balaban J connectivity index is 1.75. The minimum Gasteiger partial charge on any atom is -0.469 e. The van der Waals surface area contributed by atoms with E-state index in [1.165, 1.54) is 18.4 Å². The molecule has 1 amide bonds. The van der Waals surface area contributed by atoms with Gasteiger partial charge in [-0.05, 0) is 42.5 Å². The first-order valence-corrected chi connectivity index (χ1v) is 7.56. The van der Waals surface area contributed by atoms with E-state index in [2.05, 4.69) is 5.32 Å². The molecule has 0 saturated heterocycles. The van der Waals surface area contributed by atoms with Gasteiger partial charge in [0.05, 0.1) is 13.0 Å². The molecule has 2 saturated carbocycles. The molecule has 1 aromatic rings. The van der Waals surface area contributed by atoms with Crippen molar-refractivity contribution >= 4 is 23.2 Å². The lowest BCUT2D eigenvalue weighted by atomic mass is 9.84. The Morgan fingerprint density at radius 3 is 2.84 bits per heavy atom. The summed E-state index contributed by atoms with van der Waals surface area (Å²) in [5.74, 6) is 0.392. The van der Waals surface area contributed by atoms with E-state index in [1.807, 2.05) is 10.8 Å². The van der Waals surface area contributed by atoms with Gasteiger partial charge in [-0.15, -0.1) is 0 Å². The van der Waals surface area contributed by atoms with Crippen LogP contribution in [0.1, 0.15) is 29.6 Å². The highest BCUT2D eigenvalue weighted by molar-refractivity contribution is 7.08. The van der Waals surface area contributed by atoms with Gasteiger partial charge in [0.2, 0.25) is 0 Å². The zero-order valence-corrected chi connectivity index (χ0v) is 11.6. The fourth-order valence-corrected chi connectivity index (χ4v) is 4.24. The first-order chi connectivity index (χ1) is 9.20. The molecule has 5 heteroatoms. The van der Waals surface area contributed by atoms with Gasteiger partial charge in [-0.3, -0.25) is 9.59 Å². The first-order valence-electron chi connectivity index (χ1n) is 6.61. The normalized spacial score (nSPS) is 32.3. The van der Waals surface area contributed by atoms with Crippen molar-refractivity contribution < 1.29 is 14.3 Å². The van der Waals surface area contributed by atoms with E-state index in [1.54, 1.807) is 6.07 Å². The molecule has 0 radical (unpaired) electrons. The lowest BCUT2D eigenvalue weighted by Crippen LogP contribution is -2.47. The fraction of sp³-hybridized carbons (Fsp3) is 0.571. The molecule has 19 heavy (non-hydrogen) atoms. The van der Waals surface area contributed by atoms with E-state index in [0.717, 1.165) is 19.3 Å². The second-order valence-corrected chi connectivity index (χ2v) is 6.17. The average molecular weight is 279 g/mol. The van der Waals surface area contributed by atoms with Gasteiger partial charge in [0.15, 0.2) is 0 Å². The molecule has 102 valence electrons. The number of carbonyl (C=O) groups excluding carboxylic acids is 2. The van der Waals surface area contributed by atoms with E-state index < -0.39 is 0 Å². The van der Waals surface area contributed by atoms with Crippen LogP contribution < -0.4 is 5.32 Å². The topological polar surface area (TPSA) is 55.4 Å². The minimum absolute atomic E-state index is 0.0569. The second-order valence-electron chi connectivity index (χ2n) is 5.39. The summed E-state index contributed by atoms with van der Waals surface area (Å²) < 4.78 is 4.90. The molecule has 0 spiro atoms. The van der Waals surface area contributed by atoms with Crippen LogP contribution in [0.25, 0.3) is 0 Å². The molecule has 4 unspecified atom stereocenters. The summed E-state index contributed by atoms with van der Waals surface area (Å²) in [4.78, 5) is 24.0. The Morgan fingerprint density at radius 1 is 1.37 bits per heavy atom. The summed E-state index contributed by atoms with van der Waals surface area (Å²) in [5.41, 5.74) is 0.677. The summed E-state index contributed by atoms with van der Waals surface area (Å²) in [6.45, 7) is 0. The van der Waals surface area contributed by atoms with Crippen LogP contribution in [0.5, 0.6) is 0 Å². The van der Waals surface area contributed by atoms with Gasteiger partial charge in [-0.1, -0.05) is 0 Å². The van der Waals surface area contributed by atoms with Crippen LogP contribution in [0.3, 0.4) is 0 Å². The average Bonchev–Trinajstić information content (AvgIpc) is 3.13. The third-order valence-corrected chi connectivity index (χ3v) is 5.15. The number of thiophene rings is 1. The van der Waals surface area contributed by atoms with E-state index in [0.29, 0.717) is 17.4 Å². The lowest BCUT2D eigenvalue weighted by molar-refractivity contribution is -0.148. The van der Waals surface area contributed by atoms with Crippen LogP contribution in [0.2, 0.25) is 0 Å². The zero-order valence-electron chi connectivity index (χ0n) is 10.8. The number of carbonyl (C=O) groups is 2. The number of rotatable bonds is 3. The number of hydrogen-bond donors (Lipinski definition) is 1. The molecule has 1 N–H and O–H groups in total. The van der Waals surface area contributed by atoms with Crippen LogP contribution in [0.4, 0.5) is 0 Å². The SMILES string of the molecule is COC(=O)C1C2CCC(C2)C1NC(=O)c1ccsc1. The van der Waals surface area contributed by atoms with E-state index in [9.17, 15) is 9.59 Å². The summed E-state index contributed by atoms with van der Waals surface area (Å²) in [7, 11) is 1.42. The van der Waals surface area contributed by atoms with Crippen LogP contribution in [0, 0.1) is 17.8 Å². The number of hydrogen-bond acceptors (Lipinski definition) is 4. The molecule has 1 heterocycles. The Morgan fingerprint density at radius 2 is 2.16 bits per heavy atom. The largest absolute Gasteiger partial charge is 0.469 e. The molecule has 3 rings (SSSR count). The molecule has 1 aromatic heterocycles. The lowest BCUT2D eigenvalue weighted by Gasteiger charge is -2.29. The highest BCUT2D eigenvalue weighted by Gasteiger charge is 2.52. The Labute approximate surface area is 116 Å². The maximum Gasteiger partial charge on any atom is 0.311 e. The second kappa shape index (κ2) is 4.96. The van der Waals surface area contributed by atoms with Gasteiger partial charge in [0.25, 0.3) is 5.91 Å². The van der Waals surface area contributed by atoms with Crippen molar-refractivity contribution in [1.82, 2.24) is 5.32 Å². The molecular weight excluding hydrogens is 262 g/mol. The molecule has 2 aliphatic carbocycles. The Hall–Kier alpha value is -1.36. The summed E-state index contributed by atoms with van der Waals surface area (Å²) in [6, 6.07) is 1.75. The van der Waals surface area contributed by atoms with Gasteiger partial charge in [0, 0.05) is 17.0 Å². The Bertz CT molecular complexity index is 485. The van der Waals surface area contributed by atoms with Gasteiger partial charge in [0.1, 0.15) is 0 Å². The summed E-state index contributed by atoms with van der Waals surface area (Å²) in [5, 5.41) is 6.76. The predicted octanol–water partition coefficient (Wildman–Crippen LogP) is 2.07. The van der Waals surface area contributed by atoms with Crippen molar-refractivity contribution in [2.24, 2.45) is 17.8 Å². The molecule has 4 atom stereocenters. The summed E-state index contributed by atoms with van der Waals surface area (Å²) in [6.07, 6.45) is 3.22. The molecule has 4 nitrogen and oxygen atoms in total. The third kappa shape index (κ3) is 2.16. The van der Waals surface area contributed by atoms with Crippen LogP contribution >= 0.6 is 11.3 Å². The third-order valence-electron chi connectivity index (χ3n) is 4.47. The molecule has 0 aliphatic heterocycles. The number of fused-ring (bicyclic) bond motifs is 2. The van der Waals surface area contributed by atoms with Gasteiger partial charge in [-0.2, -0.15) is 11.3 Å². The maximum atomic E-state index is 12.1. The molecule has 2 aliphatic rings. The predicted molar refractivity (Wildman–Crippen MR) is 71.9 cm³/mol. The van der Waals surface area contributed by atoms with E-state index in [-0.39, 0.29) is 23.8 Å². The molecule has 2 fully saturated rings. The number of ether oxygens (including phenoxy) is 1. The first kappa shape index (κ1) is 12.7. The minimum atomic E-state index is -0.178. The van der Waals surface area contributed by atoms with Crippen LogP contribution in [-0.2, 0) is 9.53 Å². The van der Waals surface area contributed by atoms with Crippen LogP contribution in [-0.4, -0.2) is 25.0 Å². The number of esters is 1. The monoisotopic (exact) mass is 279 g/mol. The number of amides is 1. The van der Waals surface area contributed by atoms with E-state index >= 15 is 0 Å². The number of nitrogens with one attached hydrogen (secondary N) is 1. The summed E-state index contributed by atoms with van der Waals surface area (Å²) >= 11 is 1.50. The van der Waals surface area contributed by atoms with Gasteiger partial charge in [-0.25, -0.2) is 0 Å². The highest BCUT2D eigenvalue weighted by atomic mass is 32.1. The molecule has 0 aromatic carbocycles. The van der Waals surface area contributed by atoms with Crippen molar-refractivity contribution in [3.63, 3.8) is 0 Å². The van der Waals surface area contributed by atoms with Crippen molar-refractivity contribution in [3.05, 3.63) is 22.4 Å². The molecular formula is C14H17NO3S. The molecule has 2 bridgehead atoms. The van der Waals surface area contributed by atoms with Gasteiger partial charge < -0.3 is 10.1 Å². The van der Waals surface area contributed by atoms with Crippen LogP contribution in [0.15, 0.2) is 16.8 Å². The Kier molecular flexibility index (Phi) is 3.31. The smallest absolute Gasteiger partial charge is 0.311 e. The highest BCUT2D eigenvalue weighted by Crippen LogP contribution is 2.49.